The van der Waals surface area contributed by atoms with Crippen LogP contribution in [0.4, 0.5) is 4.39 Å². The SMILES string of the molecule is Cc1cc(=O)c(C(=O)N(Cc2ccc(C(N)=O)cc2)C2CC2)nn1-c1ccccc1F. The minimum atomic E-state index is -0.528. The number of benzene rings is 2. The van der Waals surface area contributed by atoms with Gasteiger partial charge in [0, 0.05) is 29.9 Å². The zero-order valence-corrected chi connectivity index (χ0v) is 16.9. The zero-order valence-electron chi connectivity index (χ0n) is 16.9. The van der Waals surface area contributed by atoms with Gasteiger partial charge in [0.2, 0.25) is 11.3 Å². The third-order valence-electron chi connectivity index (χ3n) is 5.23. The molecule has 2 aromatic carbocycles. The van der Waals surface area contributed by atoms with Gasteiger partial charge >= 0.3 is 0 Å². The number of hydrogen-bond donors (Lipinski definition) is 1. The molecule has 2 N–H and O–H groups in total. The number of carbonyl (C=O) groups is 2. The molecule has 0 atom stereocenters. The molecule has 1 aromatic heterocycles. The van der Waals surface area contributed by atoms with E-state index in [2.05, 4.69) is 5.10 Å². The van der Waals surface area contributed by atoms with E-state index in [1.807, 2.05) is 0 Å². The standard InChI is InChI=1S/C23H21FN4O3/c1-14-12-20(29)21(26-28(14)19-5-3-2-4-18(19)24)23(31)27(17-10-11-17)13-15-6-8-16(9-7-15)22(25)30/h2-9,12,17H,10-11,13H2,1H3,(H2,25,30). The minimum absolute atomic E-state index is 0.00716. The Hall–Kier alpha value is -3.81. The van der Waals surface area contributed by atoms with Crippen LogP contribution in [-0.2, 0) is 6.54 Å². The van der Waals surface area contributed by atoms with Crippen LogP contribution in [0.2, 0.25) is 0 Å². The molecule has 0 bridgehead atoms. The fourth-order valence-corrected chi connectivity index (χ4v) is 3.42. The van der Waals surface area contributed by atoms with Gasteiger partial charge in [0.05, 0.1) is 0 Å². The summed E-state index contributed by atoms with van der Waals surface area (Å²) in [5.74, 6) is -1.54. The van der Waals surface area contributed by atoms with Gasteiger partial charge in [0.15, 0.2) is 5.69 Å². The average molecular weight is 420 g/mol. The smallest absolute Gasteiger partial charge is 0.278 e. The first-order valence-corrected chi connectivity index (χ1v) is 9.91. The molecule has 1 aliphatic rings. The van der Waals surface area contributed by atoms with E-state index in [-0.39, 0.29) is 24.0 Å². The Balaban J connectivity index is 1.68. The molecular formula is C23H21FN4O3. The fraction of sp³-hybridized carbons (Fsp3) is 0.217. The second-order valence-electron chi connectivity index (χ2n) is 7.59. The largest absolute Gasteiger partial charge is 0.366 e. The van der Waals surface area contributed by atoms with Gasteiger partial charge in [-0.1, -0.05) is 24.3 Å². The predicted molar refractivity (Wildman–Crippen MR) is 112 cm³/mol. The van der Waals surface area contributed by atoms with Crippen LogP contribution in [0.1, 0.15) is 44.9 Å². The van der Waals surface area contributed by atoms with Gasteiger partial charge in [0.1, 0.15) is 11.5 Å². The summed E-state index contributed by atoms with van der Waals surface area (Å²) in [6, 6.07) is 14.0. The normalized spacial score (nSPS) is 13.1. The number of aryl methyl sites for hydroxylation is 1. The first kappa shape index (κ1) is 20.5. The van der Waals surface area contributed by atoms with E-state index >= 15 is 0 Å². The van der Waals surface area contributed by atoms with Crippen molar-refractivity contribution in [3.05, 3.63) is 93.2 Å². The van der Waals surface area contributed by atoms with Crippen molar-refractivity contribution in [2.45, 2.75) is 32.4 Å². The number of nitrogens with two attached hydrogens (primary N) is 1. The van der Waals surface area contributed by atoms with E-state index in [9.17, 15) is 18.8 Å². The third-order valence-corrected chi connectivity index (χ3v) is 5.23. The highest BCUT2D eigenvalue weighted by atomic mass is 19.1. The fourth-order valence-electron chi connectivity index (χ4n) is 3.42. The molecule has 1 heterocycles. The number of halogens is 1. The van der Waals surface area contributed by atoms with Gasteiger partial charge in [-0.15, -0.1) is 0 Å². The molecule has 0 saturated heterocycles. The first-order valence-electron chi connectivity index (χ1n) is 9.91. The zero-order chi connectivity index (χ0) is 22.1. The quantitative estimate of drug-likeness (QED) is 0.663. The summed E-state index contributed by atoms with van der Waals surface area (Å²) in [5.41, 5.74) is 6.27. The lowest BCUT2D eigenvalue weighted by Crippen LogP contribution is -2.37. The van der Waals surface area contributed by atoms with Crippen LogP contribution in [0.25, 0.3) is 5.69 Å². The van der Waals surface area contributed by atoms with Crippen molar-refractivity contribution in [2.75, 3.05) is 0 Å². The van der Waals surface area contributed by atoms with Crippen molar-refractivity contribution < 1.29 is 14.0 Å². The van der Waals surface area contributed by atoms with Crippen molar-refractivity contribution in [1.29, 1.82) is 0 Å². The number of aromatic nitrogens is 2. The van der Waals surface area contributed by atoms with Crippen LogP contribution in [0.15, 0.2) is 59.4 Å². The number of para-hydroxylation sites is 1. The summed E-state index contributed by atoms with van der Waals surface area (Å²) < 4.78 is 15.6. The number of rotatable bonds is 6. The summed E-state index contributed by atoms with van der Waals surface area (Å²) in [5, 5.41) is 4.22. The molecule has 158 valence electrons. The van der Waals surface area contributed by atoms with Crippen LogP contribution in [-0.4, -0.2) is 32.5 Å². The predicted octanol–water partition coefficient (Wildman–Crippen LogP) is 2.58. The van der Waals surface area contributed by atoms with Gasteiger partial charge < -0.3 is 10.6 Å². The lowest BCUT2D eigenvalue weighted by atomic mass is 10.1. The van der Waals surface area contributed by atoms with Gasteiger partial charge in [0.25, 0.3) is 5.91 Å². The first-order chi connectivity index (χ1) is 14.8. The maximum atomic E-state index is 14.3. The van der Waals surface area contributed by atoms with Crippen molar-refractivity contribution in [3.63, 3.8) is 0 Å². The molecule has 1 saturated carbocycles. The van der Waals surface area contributed by atoms with Gasteiger partial charge in [-0.25, -0.2) is 9.07 Å². The molecule has 8 heteroatoms. The Bertz CT molecular complexity index is 1220. The van der Waals surface area contributed by atoms with E-state index in [1.54, 1.807) is 48.2 Å². The van der Waals surface area contributed by atoms with E-state index in [0.717, 1.165) is 18.4 Å². The van der Waals surface area contributed by atoms with Crippen molar-refractivity contribution in [1.82, 2.24) is 14.7 Å². The Morgan fingerprint density at radius 1 is 1.16 bits per heavy atom. The summed E-state index contributed by atoms with van der Waals surface area (Å²) in [6.45, 7) is 1.89. The second kappa shape index (κ2) is 8.14. The van der Waals surface area contributed by atoms with E-state index in [1.165, 1.54) is 22.9 Å². The molecular weight excluding hydrogens is 399 g/mol. The van der Waals surface area contributed by atoms with Crippen molar-refractivity contribution in [3.8, 4) is 5.69 Å². The maximum absolute atomic E-state index is 14.3. The lowest BCUT2D eigenvalue weighted by Gasteiger charge is -2.22. The van der Waals surface area contributed by atoms with Crippen LogP contribution >= 0.6 is 0 Å². The molecule has 0 unspecified atom stereocenters. The number of carbonyl (C=O) groups excluding carboxylic acids is 2. The van der Waals surface area contributed by atoms with Crippen LogP contribution in [0.5, 0.6) is 0 Å². The summed E-state index contributed by atoms with van der Waals surface area (Å²) in [4.78, 5) is 38.8. The van der Waals surface area contributed by atoms with Crippen LogP contribution in [0.3, 0.4) is 0 Å². The highest BCUT2D eigenvalue weighted by Crippen LogP contribution is 2.29. The van der Waals surface area contributed by atoms with E-state index in [4.69, 9.17) is 5.73 Å². The van der Waals surface area contributed by atoms with Gasteiger partial charge in [-0.2, -0.15) is 5.10 Å². The maximum Gasteiger partial charge on any atom is 0.278 e. The number of amides is 2. The molecule has 1 aliphatic carbocycles. The van der Waals surface area contributed by atoms with Gasteiger partial charge in [-0.3, -0.25) is 14.4 Å². The summed E-state index contributed by atoms with van der Waals surface area (Å²) in [7, 11) is 0. The Kier molecular flexibility index (Phi) is 5.37. The van der Waals surface area contributed by atoms with Crippen molar-refractivity contribution >= 4 is 11.8 Å². The summed E-state index contributed by atoms with van der Waals surface area (Å²) >= 11 is 0. The number of nitrogens with zero attached hydrogens (tertiary/aromatic N) is 3. The Labute approximate surface area is 177 Å². The summed E-state index contributed by atoms with van der Waals surface area (Å²) in [6.07, 6.45) is 1.66. The molecule has 7 nitrogen and oxygen atoms in total. The van der Waals surface area contributed by atoms with Crippen molar-refractivity contribution in [2.24, 2.45) is 5.73 Å². The minimum Gasteiger partial charge on any atom is -0.366 e. The average Bonchev–Trinajstić information content (AvgIpc) is 3.58. The van der Waals surface area contributed by atoms with Crippen LogP contribution < -0.4 is 11.2 Å². The Morgan fingerprint density at radius 3 is 2.45 bits per heavy atom. The molecule has 0 spiro atoms. The molecule has 31 heavy (non-hydrogen) atoms. The molecule has 0 radical (unpaired) electrons. The number of hydrogen-bond acceptors (Lipinski definition) is 4. The lowest BCUT2D eigenvalue weighted by molar-refractivity contribution is 0.0720. The molecule has 2 amide bonds. The van der Waals surface area contributed by atoms with Crippen LogP contribution in [0, 0.1) is 12.7 Å². The molecule has 1 fully saturated rings. The topological polar surface area (TPSA) is 98.3 Å². The highest BCUT2D eigenvalue weighted by molar-refractivity contribution is 5.93. The van der Waals surface area contributed by atoms with E-state index in [0.29, 0.717) is 11.3 Å². The third kappa shape index (κ3) is 4.23. The molecule has 3 aromatic rings. The molecule has 0 aliphatic heterocycles. The highest BCUT2D eigenvalue weighted by Gasteiger charge is 2.35. The molecule has 4 rings (SSSR count). The number of primary amides is 1. The monoisotopic (exact) mass is 420 g/mol. The Morgan fingerprint density at radius 2 is 1.84 bits per heavy atom. The second-order valence-corrected chi connectivity index (χ2v) is 7.59. The van der Waals surface area contributed by atoms with Gasteiger partial charge in [-0.05, 0) is 49.6 Å². The van der Waals surface area contributed by atoms with E-state index < -0.39 is 23.1 Å².